The number of hydrogen-bond donors (Lipinski definition) is 1. The average Bonchev–Trinajstić information content (AvgIpc) is 2.38. The molecule has 1 atom stereocenters. The Bertz CT molecular complexity index is 570. The van der Waals surface area contributed by atoms with Crippen LogP contribution >= 0.6 is 23.2 Å². The van der Waals surface area contributed by atoms with Crippen LogP contribution in [-0.2, 0) is 6.42 Å². The Balaban J connectivity index is 2.17. The molecule has 0 saturated heterocycles. The average molecular weight is 297 g/mol. The molecule has 1 N–H and O–H groups in total. The molecule has 100 valence electrons. The van der Waals surface area contributed by atoms with Crippen molar-refractivity contribution >= 4 is 23.2 Å². The molecule has 0 amide bonds. The van der Waals surface area contributed by atoms with Crippen molar-refractivity contribution in [3.05, 3.63) is 63.6 Å². The van der Waals surface area contributed by atoms with Crippen molar-refractivity contribution in [1.82, 2.24) is 0 Å². The molecular weight excluding hydrogens is 283 g/mol. The van der Waals surface area contributed by atoms with E-state index in [1.54, 1.807) is 25.3 Å². The van der Waals surface area contributed by atoms with E-state index < -0.39 is 6.10 Å². The molecule has 1 unspecified atom stereocenters. The normalized spacial score (nSPS) is 12.2. The number of aliphatic hydroxyl groups is 1. The van der Waals surface area contributed by atoms with Gasteiger partial charge in [0.05, 0.1) is 13.2 Å². The fourth-order valence-electron chi connectivity index (χ4n) is 1.90. The molecule has 0 aliphatic rings. The minimum atomic E-state index is -0.670. The van der Waals surface area contributed by atoms with E-state index in [9.17, 15) is 5.11 Å². The standard InChI is InChI=1S/C15H14Cl2O2/c1-19-12-4-2-3-10(7-12)8-15(18)13-6-5-11(16)9-14(13)17/h2-7,9,15,18H,8H2,1H3. The van der Waals surface area contributed by atoms with Gasteiger partial charge in [-0.05, 0) is 35.4 Å². The third-order valence-corrected chi connectivity index (χ3v) is 3.45. The third-order valence-electron chi connectivity index (χ3n) is 2.88. The van der Waals surface area contributed by atoms with Gasteiger partial charge < -0.3 is 9.84 Å². The predicted molar refractivity (Wildman–Crippen MR) is 78.1 cm³/mol. The van der Waals surface area contributed by atoms with Crippen molar-refractivity contribution in [3.63, 3.8) is 0 Å². The predicted octanol–water partition coefficient (Wildman–Crippen LogP) is 4.28. The largest absolute Gasteiger partial charge is 0.497 e. The lowest BCUT2D eigenvalue weighted by Gasteiger charge is -2.13. The Hall–Kier alpha value is -1.22. The van der Waals surface area contributed by atoms with Crippen LogP contribution in [0.3, 0.4) is 0 Å². The van der Waals surface area contributed by atoms with Crippen LogP contribution < -0.4 is 4.74 Å². The first kappa shape index (κ1) is 14.2. The van der Waals surface area contributed by atoms with E-state index in [0.717, 1.165) is 11.3 Å². The van der Waals surface area contributed by atoms with Gasteiger partial charge in [-0.2, -0.15) is 0 Å². The molecule has 4 heteroatoms. The quantitative estimate of drug-likeness (QED) is 0.912. The highest BCUT2D eigenvalue weighted by Crippen LogP contribution is 2.28. The summed E-state index contributed by atoms with van der Waals surface area (Å²) in [6.07, 6.45) is -0.199. The first-order valence-corrected chi connectivity index (χ1v) is 6.61. The molecule has 0 aliphatic carbocycles. The number of methoxy groups -OCH3 is 1. The first-order valence-electron chi connectivity index (χ1n) is 5.86. The summed E-state index contributed by atoms with van der Waals surface area (Å²) in [4.78, 5) is 0. The molecule has 0 saturated carbocycles. The molecule has 0 fully saturated rings. The number of halogens is 2. The Morgan fingerprint density at radius 2 is 1.95 bits per heavy atom. The van der Waals surface area contributed by atoms with Gasteiger partial charge in [-0.1, -0.05) is 41.4 Å². The summed E-state index contributed by atoms with van der Waals surface area (Å²) < 4.78 is 5.16. The van der Waals surface area contributed by atoms with Gasteiger partial charge in [-0.25, -0.2) is 0 Å². The molecular formula is C15H14Cl2O2. The van der Waals surface area contributed by atoms with Crippen LogP contribution in [0.5, 0.6) is 5.75 Å². The number of hydrogen-bond acceptors (Lipinski definition) is 2. The van der Waals surface area contributed by atoms with Crippen molar-refractivity contribution in [2.45, 2.75) is 12.5 Å². The summed E-state index contributed by atoms with van der Waals surface area (Å²) in [5.41, 5.74) is 1.66. The summed E-state index contributed by atoms with van der Waals surface area (Å²) in [7, 11) is 1.62. The maximum Gasteiger partial charge on any atom is 0.119 e. The number of aliphatic hydroxyl groups excluding tert-OH is 1. The molecule has 2 nitrogen and oxygen atoms in total. The summed E-state index contributed by atoms with van der Waals surface area (Å²) >= 11 is 11.9. The van der Waals surface area contributed by atoms with Crippen LogP contribution in [0.2, 0.25) is 10.0 Å². The van der Waals surface area contributed by atoms with E-state index in [1.807, 2.05) is 24.3 Å². The van der Waals surface area contributed by atoms with Gasteiger partial charge in [0.25, 0.3) is 0 Å². The topological polar surface area (TPSA) is 29.5 Å². The SMILES string of the molecule is COc1cccc(CC(O)c2ccc(Cl)cc2Cl)c1. The lowest BCUT2D eigenvalue weighted by atomic mass is 10.0. The van der Waals surface area contributed by atoms with Crippen molar-refractivity contribution in [1.29, 1.82) is 0 Å². The summed E-state index contributed by atoms with van der Waals surface area (Å²) in [6.45, 7) is 0. The second-order valence-corrected chi connectivity index (χ2v) is 5.08. The summed E-state index contributed by atoms with van der Waals surface area (Å²) in [6, 6.07) is 12.7. The molecule has 0 spiro atoms. The highest BCUT2D eigenvalue weighted by Gasteiger charge is 2.13. The van der Waals surface area contributed by atoms with Crippen LogP contribution in [0.1, 0.15) is 17.2 Å². The van der Waals surface area contributed by atoms with Gasteiger partial charge in [0.15, 0.2) is 0 Å². The van der Waals surface area contributed by atoms with Crippen molar-refractivity contribution in [2.24, 2.45) is 0 Å². The highest BCUT2D eigenvalue weighted by molar-refractivity contribution is 6.35. The summed E-state index contributed by atoms with van der Waals surface area (Å²) in [5, 5.41) is 11.3. The van der Waals surface area contributed by atoms with E-state index >= 15 is 0 Å². The van der Waals surface area contributed by atoms with Crippen LogP contribution in [0, 0.1) is 0 Å². The molecule has 19 heavy (non-hydrogen) atoms. The third kappa shape index (κ3) is 3.63. The van der Waals surface area contributed by atoms with Gasteiger partial charge in [0, 0.05) is 16.5 Å². The van der Waals surface area contributed by atoms with Crippen LogP contribution in [0.25, 0.3) is 0 Å². The van der Waals surface area contributed by atoms with E-state index in [4.69, 9.17) is 27.9 Å². The van der Waals surface area contributed by atoms with Gasteiger partial charge in [0.2, 0.25) is 0 Å². The Morgan fingerprint density at radius 3 is 2.63 bits per heavy atom. The Kier molecular flexibility index (Phi) is 4.70. The zero-order valence-corrected chi connectivity index (χ0v) is 11.9. The fraction of sp³-hybridized carbons (Fsp3) is 0.200. The van der Waals surface area contributed by atoms with Crippen LogP contribution in [0.15, 0.2) is 42.5 Å². The molecule has 2 aromatic rings. The molecule has 2 rings (SSSR count). The first-order chi connectivity index (χ1) is 9.10. The van der Waals surface area contributed by atoms with Crippen molar-refractivity contribution < 1.29 is 9.84 Å². The molecule has 0 heterocycles. The van der Waals surface area contributed by atoms with E-state index in [1.165, 1.54) is 0 Å². The fourth-order valence-corrected chi connectivity index (χ4v) is 2.44. The molecule has 0 radical (unpaired) electrons. The van der Waals surface area contributed by atoms with E-state index in [2.05, 4.69) is 0 Å². The van der Waals surface area contributed by atoms with Gasteiger partial charge in [-0.15, -0.1) is 0 Å². The van der Waals surface area contributed by atoms with E-state index in [-0.39, 0.29) is 0 Å². The second kappa shape index (κ2) is 6.29. The zero-order chi connectivity index (χ0) is 13.8. The Morgan fingerprint density at radius 1 is 1.16 bits per heavy atom. The number of rotatable bonds is 4. The van der Waals surface area contributed by atoms with E-state index in [0.29, 0.717) is 22.0 Å². The van der Waals surface area contributed by atoms with Gasteiger partial charge >= 0.3 is 0 Å². The number of ether oxygens (including phenoxy) is 1. The van der Waals surface area contributed by atoms with Crippen molar-refractivity contribution in [3.8, 4) is 5.75 Å². The second-order valence-electron chi connectivity index (χ2n) is 4.24. The highest BCUT2D eigenvalue weighted by atomic mass is 35.5. The molecule has 0 aromatic heterocycles. The van der Waals surface area contributed by atoms with Gasteiger partial charge in [-0.3, -0.25) is 0 Å². The molecule has 2 aromatic carbocycles. The van der Waals surface area contributed by atoms with Crippen LogP contribution in [-0.4, -0.2) is 12.2 Å². The number of benzene rings is 2. The lowest BCUT2D eigenvalue weighted by Crippen LogP contribution is -2.02. The molecule has 0 bridgehead atoms. The van der Waals surface area contributed by atoms with Crippen LogP contribution in [0.4, 0.5) is 0 Å². The lowest BCUT2D eigenvalue weighted by molar-refractivity contribution is 0.178. The smallest absolute Gasteiger partial charge is 0.119 e. The minimum absolute atomic E-state index is 0.471. The van der Waals surface area contributed by atoms with Gasteiger partial charge in [0.1, 0.15) is 5.75 Å². The monoisotopic (exact) mass is 296 g/mol. The minimum Gasteiger partial charge on any atom is -0.497 e. The zero-order valence-electron chi connectivity index (χ0n) is 10.4. The molecule has 0 aliphatic heterocycles. The maximum absolute atomic E-state index is 10.2. The van der Waals surface area contributed by atoms with Crippen molar-refractivity contribution in [2.75, 3.05) is 7.11 Å². The summed E-state index contributed by atoms with van der Waals surface area (Å²) in [5.74, 6) is 0.770. The Labute approximate surface area is 122 Å². The maximum atomic E-state index is 10.2.